The first kappa shape index (κ1) is 23.6. The maximum atomic E-state index is 10.6. The van der Waals surface area contributed by atoms with Gasteiger partial charge in [0.1, 0.15) is 5.75 Å². The van der Waals surface area contributed by atoms with Crippen LogP contribution in [0.15, 0.2) is 34.3 Å². The lowest BCUT2D eigenvalue weighted by atomic mass is 9.86. The monoisotopic (exact) mass is 421 g/mol. The van der Waals surface area contributed by atoms with Gasteiger partial charge in [0.2, 0.25) is 0 Å². The van der Waals surface area contributed by atoms with Crippen LogP contribution >= 0.6 is 11.8 Å². The summed E-state index contributed by atoms with van der Waals surface area (Å²) in [6.45, 7) is 0. The molecule has 0 aliphatic heterocycles. The molecule has 2 rings (SSSR count). The van der Waals surface area contributed by atoms with Crippen LogP contribution in [0.4, 0.5) is 0 Å². The minimum Gasteiger partial charge on any atom is -0.496 e. The number of carboxylic acids is 1. The molecule has 1 saturated carbocycles. The second kappa shape index (κ2) is 13.5. The predicted molar refractivity (Wildman–Crippen MR) is 118 cm³/mol. The number of hydrogen-bond acceptors (Lipinski definition) is 5. The maximum absolute atomic E-state index is 10.6. The van der Waals surface area contributed by atoms with Gasteiger partial charge in [0, 0.05) is 17.2 Å². The molecule has 1 aliphatic rings. The summed E-state index contributed by atoms with van der Waals surface area (Å²) in [5.74, 6) is 2.32. The van der Waals surface area contributed by atoms with Crippen LogP contribution in [0.5, 0.6) is 5.75 Å². The first-order valence-corrected chi connectivity index (χ1v) is 11.8. The Morgan fingerprint density at radius 3 is 2.66 bits per heavy atom. The molecule has 1 aromatic rings. The van der Waals surface area contributed by atoms with Gasteiger partial charge in [-0.1, -0.05) is 43.0 Å². The molecule has 0 radical (unpaired) electrons. The van der Waals surface area contributed by atoms with E-state index in [2.05, 4.69) is 11.2 Å². The van der Waals surface area contributed by atoms with E-state index in [9.17, 15) is 10.0 Å². The van der Waals surface area contributed by atoms with Crippen molar-refractivity contribution >= 4 is 23.4 Å². The second-order valence-corrected chi connectivity index (χ2v) is 8.98. The van der Waals surface area contributed by atoms with E-state index in [1.165, 1.54) is 4.90 Å². The van der Waals surface area contributed by atoms with Gasteiger partial charge in [-0.05, 0) is 62.3 Å². The Morgan fingerprint density at radius 2 is 1.90 bits per heavy atom. The maximum Gasteiger partial charge on any atom is 0.303 e. The Bertz CT molecular complexity index is 650. The molecular formula is C23H35NO4S. The largest absolute Gasteiger partial charge is 0.496 e. The van der Waals surface area contributed by atoms with Crippen molar-refractivity contribution in [1.82, 2.24) is 0 Å². The summed E-state index contributed by atoms with van der Waals surface area (Å²) in [4.78, 5) is 11.8. The summed E-state index contributed by atoms with van der Waals surface area (Å²) in [5.41, 5.74) is 0.984. The lowest BCUT2D eigenvalue weighted by Gasteiger charge is -2.19. The molecule has 29 heavy (non-hydrogen) atoms. The summed E-state index contributed by atoms with van der Waals surface area (Å²) >= 11 is 1.84. The Labute approximate surface area is 178 Å². The van der Waals surface area contributed by atoms with E-state index in [-0.39, 0.29) is 6.42 Å². The number of ether oxygens (including phenoxy) is 1. The number of benzene rings is 1. The van der Waals surface area contributed by atoms with Gasteiger partial charge in [0.25, 0.3) is 0 Å². The highest BCUT2D eigenvalue weighted by Gasteiger charge is 2.32. The molecule has 6 heteroatoms. The van der Waals surface area contributed by atoms with Crippen molar-refractivity contribution in [3.8, 4) is 5.75 Å². The highest BCUT2D eigenvalue weighted by molar-refractivity contribution is 7.99. The molecule has 1 fully saturated rings. The van der Waals surface area contributed by atoms with Gasteiger partial charge < -0.3 is 15.1 Å². The number of unbranched alkanes of at least 4 members (excludes halogenated alkanes) is 4. The van der Waals surface area contributed by atoms with Crippen LogP contribution in [0.3, 0.4) is 0 Å². The normalized spacial score (nSPS) is 20.2. The highest BCUT2D eigenvalue weighted by atomic mass is 32.2. The number of carbonyl (C=O) groups is 1. The number of methoxy groups -OCH3 is 1. The summed E-state index contributed by atoms with van der Waals surface area (Å²) in [6, 6.07) is 8.13. The molecule has 0 aromatic heterocycles. The van der Waals surface area contributed by atoms with E-state index in [0.717, 1.165) is 81.4 Å². The zero-order chi connectivity index (χ0) is 20.9. The molecule has 0 spiro atoms. The number of oxime groups is 1. The summed E-state index contributed by atoms with van der Waals surface area (Å²) < 4.78 is 5.41. The zero-order valence-corrected chi connectivity index (χ0v) is 18.3. The van der Waals surface area contributed by atoms with Gasteiger partial charge in [0.05, 0.1) is 12.8 Å². The van der Waals surface area contributed by atoms with Gasteiger partial charge >= 0.3 is 5.97 Å². The Hall–Kier alpha value is -1.69. The van der Waals surface area contributed by atoms with Crippen LogP contribution in [-0.2, 0) is 4.79 Å². The molecule has 5 nitrogen and oxygen atoms in total. The van der Waals surface area contributed by atoms with Crippen LogP contribution in [0.2, 0.25) is 0 Å². The Kier molecular flexibility index (Phi) is 11.0. The first-order valence-electron chi connectivity index (χ1n) is 10.8. The van der Waals surface area contributed by atoms with Gasteiger partial charge in [0.15, 0.2) is 0 Å². The number of thioether (sulfide) groups is 1. The second-order valence-electron chi connectivity index (χ2n) is 7.84. The van der Waals surface area contributed by atoms with Crippen LogP contribution in [-0.4, -0.2) is 34.9 Å². The number of para-hydroxylation sites is 1. The molecule has 0 amide bonds. The number of rotatable bonds is 14. The van der Waals surface area contributed by atoms with E-state index in [4.69, 9.17) is 9.84 Å². The first-order chi connectivity index (χ1) is 14.2. The molecule has 1 aromatic carbocycles. The van der Waals surface area contributed by atoms with Crippen molar-refractivity contribution in [3.63, 3.8) is 0 Å². The van der Waals surface area contributed by atoms with Crippen molar-refractivity contribution < 1.29 is 19.8 Å². The van der Waals surface area contributed by atoms with Gasteiger partial charge in [-0.15, -0.1) is 11.8 Å². The van der Waals surface area contributed by atoms with Crippen LogP contribution in [0, 0.1) is 11.8 Å². The van der Waals surface area contributed by atoms with E-state index in [0.29, 0.717) is 11.8 Å². The number of hydrogen-bond donors (Lipinski definition) is 2. The molecule has 1 aliphatic carbocycles. The third kappa shape index (κ3) is 8.29. The highest BCUT2D eigenvalue weighted by Crippen LogP contribution is 2.37. The fourth-order valence-electron chi connectivity index (χ4n) is 4.29. The van der Waals surface area contributed by atoms with Crippen molar-refractivity contribution in [2.24, 2.45) is 17.0 Å². The van der Waals surface area contributed by atoms with Crippen molar-refractivity contribution in [3.05, 3.63) is 24.3 Å². The van der Waals surface area contributed by atoms with Crippen LogP contribution in [0.25, 0.3) is 0 Å². The predicted octanol–water partition coefficient (Wildman–Crippen LogP) is 6.24. The molecule has 162 valence electrons. The van der Waals surface area contributed by atoms with E-state index in [1.807, 2.05) is 30.0 Å². The average Bonchev–Trinajstić information content (AvgIpc) is 3.12. The third-order valence-electron chi connectivity index (χ3n) is 5.85. The number of nitrogens with zero attached hydrogens (tertiary/aromatic N) is 1. The zero-order valence-electron chi connectivity index (χ0n) is 17.5. The minimum atomic E-state index is -0.700. The quantitative estimate of drug-likeness (QED) is 0.161. The average molecular weight is 422 g/mol. The molecule has 2 atom stereocenters. The van der Waals surface area contributed by atoms with E-state index >= 15 is 0 Å². The molecule has 0 saturated heterocycles. The summed E-state index contributed by atoms with van der Waals surface area (Å²) in [7, 11) is 1.71. The molecule has 0 heterocycles. The molecule has 0 bridgehead atoms. The lowest BCUT2D eigenvalue weighted by Crippen LogP contribution is -2.15. The van der Waals surface area contributed by atoms with E-state index < -0.39 is 5.97 Å². The molecule has 2 N–H and O–H groups in total. The summed E-state index contributed by atoms with van der Waals surface area (Å²) in [6.07, 6.45) is 10.8. The minimum absolute atomic E-state index is 0.278. The van der Waals surface area contributed by atoms with Gasteiger partial charge in [-0.3, -0.25) is 4.79 Å². The van der Waals surface area contributed by atoms with E-state index in [1.54, 1.807) is 7.11 Å². The van der Waals surface area contributed by atoms with Crippen LogP contribution in [0.1, 0.15) is 70.6 Å². The van der Waals surface area contributed by atoms with Crippen molar-refractivity contribution in [1.29, 1.82) is 0 Å². The number of aliphatic carboxylic acids is 1. The summed E-state index contributed by atoms with van der Waals surface area (Å²) in [5, 5.41) is 21.7. The Morgan fingerprint density at radius 1 is 1.14 bits per heavy atom. The fraction of sp³-hybridized carbons (Fsp3) is 0.652. The van der Waals surface area contributed by atoms with Gasteiger partial charge in [-0.25, -0.2) is 0 Å². The van der Waals surface area contributed by atoms with Crippen LogP contribution < -0.4 is 4.74 Å². The number of carboxylic acid groups (broad SMARTS) is 1. The smallest absolute Gasteiger partial charge is 0.303 e. The SMILES string of the molecule is COc1ccccc1SCCCC[C@H]1/C(=N\O)CC[C@@H]1CCCCCCC(=O)O. The van der Waals surface area contributed by atoms with Gasteiger partial charge in [-0.2, -0.15) is 0 Å². The standard InChI is InChI=1S/C23H35NO4S/c1-28-21-12-6-7-13-22(21)29-17-9-8-11-19-18(15-16-20(19)24-27)10-4-2-3-5-14-23(25)26/h6-7,12-13,18-19,27H,2-5,8-11,14-17H2,1H3,(H,25,26)/b24-20-/t18-,19+/m0/s1. The van der Waals surface area contributed by atoms with Crippen molar-refractivity contribution in [2.75, 3.05) is 12.9 Å². The third-order valence-corrected chi connectivity index (χ3v) is 6.99. The topological polar surface area (TPSA) is 79.1 Å². The Balaban J connectivity index is 1.67. The molecule has 0 unspecified atom stereocenters. The fourth-order valence-corrected chi connectivity index (χ4v) is 5.32. The molecular weight excluding hydrogens is 386 g/mol. The van der Waals surface area contributed by atoms with Crippen molar-refractivity contribution in [2.45, 2.75) is 75.5 Å². The lowest BCUT2D eigenvalue weighted by molar-refractivity contribution is -0.137.